The molecule has 0 radical (unpaired) electrons. The van der Waals surface area contributed by atoms with E-state index in [1.807, 2.05) is 0 Å². The zero-order valence-electron chi connectivity index (χ0n) is 18.3. The molecule has 4 rings (SSSR count). The SMILES string of the molecule is O=C(OCC(=O)N(C1CCCCC1)C1CCS(=O)(=O)C1)c1ccccc1C(=O)c1cccs1. The second-order valence-electron chi connectivity index (χ2n) is 8.58. The Morgan fingerprint density at radius 3 is 2.30 bits per heavy atom. The molecule has 0 N–H and O–H groups in total. The zero-order chi connectivity index (χ0) is 23.4. The Balaban J connectivity index is 1.48. The van der Waals surface area contributed by atoms with Crippen molar-refractivity contribution in [3.63, 3.8) is 0 Å². The van der Waals surface area contributed by atoms with Crippen molar-refractivity contribution >= 4 is 38.8 Å². The van der Waals surface area contributed by atoms with Gasteiger partial charge in [0, 0.05) is 17.6 Å². The number of hydrogen-bond donors (Lipinski definition) is 0. The third-order valence-electron chi connectivity index (χ3n) is 6.32. The van der Waals surface area contributed by atoms with Gasteiger partial charge in [-0.15, -0.1) is 11.3 Å². The van der Waals surface area contributed by atoms with Crippen molar-refractivity contribution in [3.8, 4) is 0 Å². The molecule has 9 heteroatoms. The molecule has 2 fully saturated rings. The highest BCUT2D eigenvalue weighted by Gasteiger charge is 2.38. The number of hydrogen-bond acceptors (Lipinski definition) is 7. The Kier molecular flexibility index (Phi) is 7.29. The lowest BCUT2D eigenvalue weighted by Gasteiger charge is -2.38. The van der Waals surface area contributed by atoms with Crippen LogP contribution >= 0.6 is 11.3 Å². The van der Waals surface area contributed by atoms with E-state index < -0.39 is 22.4 Å². The van der Waals surface area contributed by atoms with Crippen molar-refractivity contribution in [1.29, 1.82) is 0 Å². The molecule has 1 saturated heterocycles. The van der Waals surface area contributed by atoms with E-state index in [0.717, 1.165) is 32.1 Å². The summed E-state index contributed by atoms with van der Waals surface area (Å²) < 4.78 is 29.4. The first kappa shape index (κ1) is 23.6. The number of esters is 1. The van der Waals surface area contributed by atoms with Crippen LogP contribution in [0.1, 0.15) is 64.1 Å². The first-order chi connectivity index (χ1) is 15.9. The number of rotatable bonds is 7. The van der Waals surface area contributed by atoms with Crippen LogP contribution in [0.4, 0.5) is 0 Å². The fraction of sp³-hybridized carbons (Fsp3) is 0.458. The lowest BCUT2D eigenvalue weighted by Crippen LogP contribution is -2.50. The smallest absolute Gasteiger partial charge is 0.339 e. The maximum Gasteiger partial charge on any atom is 0.339 e. The van der Waals surface area contributed by atoms with Gasteiger partial charge in [-0.3, -0.25) is 9.59 Å². The lowest BCUT2D eigenvalue weighted by atomic mass is 9.93. The number of amides is 1. The first-order valence-electron chi connectivity index (χ1n) is 11.2. The normalized spacial score (nSPS) is 20.3. The topological polar surface area (TPSA) is 97.8 Å². The van der Waals surface area contributed by atoms with E-state index in [-0.39, 0.29) is 46.4 Å². The molecule has 0 bridgehead atoms. The van der Waals surface area contributed by atoms with Crippen LogP contribution in [0.25, 0.3) is 0 Å². The molecule has 2 aliphatic rings. The number of ether oxygens (including phenoxy) is 1. The van der Waals surface area contributed by atoms with Gasteiger partial charge in [-0.1, -0.05) is 43.5 Å². The zero-order valence-corrected chi connectivity index (χ0v) is 19.9. The van der Waals surface area contributed by atoms with E-state index in [4.69, 9.17) is 4.74 Å². The number of nitrogens with zero attached hydrogens (tertiary/aromatic N) is 1. The molecule has 1 atom stereocenters. The molecular weight excluding hydrogens is 462 g/mol. The van der Waals surface area contributed by atoms with Crippen molar-refractivity contribution in [3.05, 3.63) is 57.8 Å². The monoisotopic (exact) mass is 489 g/mol. The van der Waals surface area contributed by atoms with E-state index in [0.29, 0.717) is 11.3 Å². The molecule has 2 aromatic rings. The van der Waals surface area contributed by atoms with Crippen LogP contribution < -0.4 is 0 Å². The summed E-state index contributed by atoms with van der Waals surface area (Å²) in [6.45, 7) is -0.479. The van der Waals surface area contributed by atoms with Crippen molar-refractivity contribution in [2.75, 3.05) is 18.1 Å². The van der Waals surface area contributed by atoms with Gasteiger partial charge in [-0.2, -0.15) is 0 Å². The Bertz CT molecular complexity index is 1120. The molecular formula is C24H27NO6S2. The number of carbonyl (C=O) groups is 3. The van der Waals surface area contributed by atoms with Crippen LogP contribution in [0.2, 0.25) is 0 Å². The van der Waals surface area contributed by atoms with E-state index >= 15 is 0 Å². The second kappa shape index (κ2) is 10.2. The Morgan fingerprint density at radius 1 is 0.939 bits per heavy atom. The van der Waals surface area contributed by atoms with Gasteiger partial charge < -0.3 is 9.64 Å². The fourth-order valence-corrected chi connectivity index (χ4v) is 7.13. The van der Waals surface area contributed by atoms with Crippen LogP contribution in [0.5, 0.6) is 0 Å². The molecule has 7 nitrogen and oxygen atoms in total. The minimum Gasteiger partial charge on any atom is -0.452 e. The number of carbonyl (C=O) groups excluding carboxylic acids is 3. The Hall–Kier alpha value is -2.52. The summed E-state index contributed by atoms with van der Waals surface area (Å²) in [6.07, 6.45) is 5.16. The van der Waals surface area contributed by atoms with Crippen LogP contribution in [0, 0.1) is 0 Å². The van der Waals surface area contributed by atoms with E-state index in [2.05, 4.69) is 0 Å². The molecule has 1 aliphatic heterocycles. The summed E-state index contributed by atoms with van der Waals surface area (Å²) >= 11 is 1.29. The van der Waals surface area contributed by atoms with Crippen LogP contribution in [-0.2, 0) is 19.4 Å². The quantitative estimate of drug-likeness (QED) is 0.436. The molecule has 1 unspecified atom stereocenters. The number of sulfone groups is 1. The summed E-state index contributed by atoms with van der Waals surface area (Å²) in [5.74, 6) is -1.36. The van der Waals surface area contributed by atoms with Gasteiger partial charge in [0.25, 0.3) is 5.91 Å². The number of ketones is 1. The Morgan fingerprint density at radius 2 is 1.67 bits per heavy atom. The maximum atomic E-state index is 13.2. The third kappa shape index (κ3) is 5.52. The molecule has 1 amide bonds. The maximum absolute atomic E-state index is 13.2. The lowest BCUT2D eigenvalue weighted by molar-refractivity contribution is -0.140. The predicted molar refractivity (Wildman–Crippen MR) is 125 cm³/mol. The molecule has 0 spiro atoms. The van der Waals surface area contributed by atoms with Crippen molar-refractivity contribution in [2.45, 2.75) is 50.6 Å². The largest absolute Gasteiger partial charge is 0.452 e. The van der Waals surface area contributed by atoms with Crippen LogP contribution in [-0.4, -0.2) is 61.2 Å². The van der Waals surface area contributed by atoms with Crippen molar-refractivity contribution in [1.82, 2.24) is 4.90 Å². The highest BCUT2D eigenvalue weighted by molar-refractivity contribution is 7.91. The molecule has 1 aromatic heterocycles. The molecule has 33 heavy (non-hydrogen) atoms. The highest BCUT2D eigenvalue weighted by Crippen LogP contribution is 2.28. The minimum atomic E-state index is -3.16. The van der Waals surface area contributed by atoms with Gasteiger partial charge >= 0.3 is 5.97 Å². The van der Waals surface area contributed by atoms with Gasteiger partial charge in [0.1, 0.15) is 0 Å². The summed E-state index contributed by atoms with van der Waals surface area (Å²) in [4.78, 5) is 41.0. The molecule has 1 saturated carbocycles. The van der Waals surface area contributed by atoms with E-state index in [1.54, 1.807) is 40.6 Å². The first-order valence-corrected chi connectivity index (χ1v) is 13.9. The predicted octanol–water partition coefficient (Wildman–Crippen LogP) is 3.48. The van der Waals surface area contributed by atoms with Gasteiger partial charge in [-0.05, 0) is 36.8 Å². The second-order valence-corrected chi connectivity index (χ2v) is 11.8. The van der Waals surface area contributed by atoms with Crippen LogP contribution in [0.3, 0.4) is 0 Å². The molecule has 1 aliphatic carbocycles. The minimum absolute atomic E-state index is 0.0315. The summed E-state index contributed by atoms with van der Waals surface area (Å²) in [5, 5.41) is 1.79. The molecule has 176 valence electrons. The van der Waals surface area contributed by atoms with Crippen LogP contribution in [0.15, 0.2) is 41.8 Å². The fourth-order valence-electron chi connectivity index (χ4n) is 4.74. The highest BCUT2D eigenvalue weighted by atomic mass is 32.2. The van der Waals surface area contributed by atoms with E-state index in [1.165, 1.54) is 17.4 Å². The van der Waals surface area contributed by atoms with E-state index in [9.17, 15) is 22.8 Å². The summed E-state index contributed by atoms with van der Waals surface area (Å²) in [5.41, 5.74) is 0.333. The van der Waals surface area contributed by atoms with Crippen molar-refractivity contribution in [2.24, 2.45) is 0 Å². The standard InChI is InChI=1S/C24H27NO6S2/c26-22(25(17-7-2-1-3-8-17)18-12-14-33(29,30)16-18)15-31-24(28)20-10-5-4-9-19(20)23(27)21-11-6-13-32-21/h4-6,9-11,13,17-18H,1-3,7-8,12,14-16H2. The number of benzene rings is 1. The average Bonchev–Trinajstić information content (AvgIpc) is 3.48. The van der Waals surface area contributed by atoms with Gasteiger partial charge in [0.15, 0.2) is 16.4 Å². The van der Waals surface area contributed by atoms with Crippen molar-refractivity contribution < 1.29 is 27.5 Å². The summed E-state index contributed by atoms with van der Waals surface area (Å²) in [7, 11) is -3.16. The molecule has 1 aromatic carbocycles. The average molecular weight is 490 g/mol. The van der Waals surface area contributed by atoms with Gasteiger partial charge in [-0.25, -0.2) is 13.2 Å². The molecule has 2 heterocycles. The van der Waals surface area contributed by atoms with Gasteiger partial charge in [0.05, 0.1) is 21.9 Å². The number of thiophene rings is 1. The third-order valence-corrected chi connectivity index (χ3v) is 8.94. The summed E-state index contributed by atoms with van der Waals surface area (Å²) in [6, 6.07) is 9.44. The van der Waals surface area contributed by atoms with Gasteiger partial charge in [0.2, 0.25) is 5.78 Å². The Labute approximate surface area is 197 Å².